The molecule has 0 unspecified atom stereocenters. The number of benzene rings is 2. The fourth-order valence-electron chi connectivity index (χ4n) is 5.90. The van der Waals surface area contributed by atoms with Gasteiger partial charge in [0.2, 0.25) is 0 Å². The minimum atomic E-state index is -0.247. The van der Waals surface area contributed by atoms with Crippen molar-refractivity contribution in [2.24, 2.45) is 11.8 Å². The summed E-state index contributed by atoms with van der Waals surface area (Å²) in [6.45, 7) is 3.40. The second kappa shape index (κ2) is 6.78. The normalized spacial score (nSPS) is 26.4. The van der Waals surface area contributed by atoms with Crippen molar-refractivity contribution < 1.29 is 9.50 Å². The van der Waals surface area contributed by atoms with Crippen molar-refractivity contribution in [3.63, 3.8) is 0 Å². The zero-order valence-corrected chi connectivity index (χ0v) is 17.1. The SMILES string of the molecule is Oc1cccc([C@@]23CCN(CC4CC4)C[C@@H]2Cc2cc4cccc(F)c4nc2C3)c1. The molecule has 154 valence electrons. The standard InChI is InChI=1S/C26H27FN2O/c27-23-6-1-3-18-11-19-12-21-16-29(15-17-7-8-17)10-9-26(21,14-24(19)28-25(18)23)20-4-2-5-22(30)13-20/h1-6,11,13,17,21,30H,7-10,12,14-16H2/t21-,26-/m0/s1. The summed E-state index contributed by atoms with van der Waals surface area (Å²) in [5.41, 5.74) is 3.94. The lowest BCUT2D eigenvalue weighted by molar-refractivity contribution is 0.0777. The molecule has 0 radical (unpaired) electrons. The Balaban J connectivity index is 1.45. The number of pyridine rings is 1. The lowest BCUT2D eigenvalue weighted by atomic mass is 9.58. The van der Waals surface area contributed by atoms with Crippen molar-refractivity contribution in [3.05, 3.63) is 71.2 Å². The number of rotatable bonds is 3. The fraction of sp³-hybridized carbons (Fsp3) is 0.423. The molecule has 3 aromatic rings. The van der Waals surface area contributed by atoms with Gasteiger partial charge in [-0.3, -0.25) is 0 Å². The smallest absolute Gasteiger partial charge is 0.149 e. The Hall–Kier alpha value is -2.46. The van der Waals surface area contributed by atoms with E-state index >= 15 is 0 Å². The largest absolute Gasteiger partial charge is 0.508 e. The molecule has 2 heterocycles. The van der Waals surface area contributed by atoms with Crippen LogP contribution in [0.15, 0.2) is 48.5 Å². The highest BCUT2D eigenvalue weighted by atomic mass is 19.1. The Morgan fingerprint density at radius 2 is 2.00 bits per heavy atom. The molecular weight excluding hydrogens is 375 g/mol. The number of aromatic hydroxyl groups is 1. The van der Waals surface area contributed by atoms with Gasteiger partial charge in [-0.05, 0) is 79.5 Å². The lowest BCUT2D eigenvalue weighted by Crippen LogP contribution is -2.54. The zero-order valence-electron chi connectivity index (χ0n) is 17.1. The maximum atomic E-state index is 14.4. The molecule has 30 heavy (non-hydrogen) atoms. The molecule has 0 bridgehead atoms. The van der Waals surface area contributed by atoms with E-state index in [1.807, 2.05) is 18.2 Å². The summed E-state index contributed by atoms with van der Waals surface area (Å²) < 4.78 is 14.4. The van der Waals surface area contributed by atoms with E-state index in [9.17, 15) is 9.50 Å². The van der Waals surface area contributed by atoms with Crippen LogP contribution in [-0.2, 0) is 18.3 Å². The van der Waals surface area contributed by atoms with E-state index in [4.69, 9.17) is 4.98 Å². The van der Waals surface area contributed by atoms with Gasteiger partial charge in [-0.15, -0.1) is 0 Å². The number of halogens is 1. The quantitative estimate of drug-likeness (QED) is 0.681. The summed E-state index contributed by atoms with van der Waals surface area (Å²) in [5, 5.41) is 11.1. The van der Waals surface area contributed by atoms with Crippen LogP contribution >= 0.6 is 0 Å². The monoisotopic (exact) mass is 402 g/mol. The van der Waals surface area contributed by atoms with Gasteiger partial charge in [0.05, 0.1) is 0 Å². The summed E-state index contributed by atoms with van der Waals surface area (Å²) in [6, 6.07) is 15.2. The average Bonchev–Trinajstić information content (AvgIpc) is 3.55. The second-order valence-corrected chi connectivity index (χ2v) is 9.64. The average molecular weight is 403 g/mol. The summed E-state index contributed by atoms with van der Waals surface area (Å²) in [7, 11) is 0. The third-order valence-electron chi connectivity index (χ3n) is 7.68. The molecule has 2 fully saturated rings. The first-order chi connectivity index (χ1) is 14.6. The Bertz CT molecular complexity index is 1130. The first-order valence-corrected chi connectivity index (χ1v) is 11.2. The van der Waals surface area contributed by atoms with E-state index in [2.05, 4.69) is 17.0 Å². The van der Waals surface area contributed by atoms with Gasteiger partial charge in [-0.1, -0.05) is 24.3 Å². The van der Waals surface area contributed by atoms with Gasteiger partial charge >= 0.3 is 0 Å². The number of nitrogens with zero attached hydrogens (tertiary/aromatic N) is 2. The molecule has 3 aliphatic rings. The molecule has 1 saturated carbocycles. The summed E-state index contributed by atoms with van der Waals surface area (Å²) in [5.74, 6) is 1.45. The molecule has 6 rings (SSSR count). The van der Waals surface area contributed by atoms with E-state index in [0.717, 1.165) is 49.4 Å². The fourth-order valence-corrected chi connectivity index (χ4v) is 5.90. The maximum absolute atomic E-state index is 14.4. The van der Waals surface area contributed by atoms with Crippen LogP contribution in [0.2, 0.25) is 0 Å². The van der Waals surface area contributed by atoms with Gasteiger partial charge in [0, 0.05) is 36.0 Å². The third-order valence-corrected chi connectivity index (χ3v) is 7.68. The molecule has 1 N–H and O–H groups in total. The Kier molecular flexibility index (Phi) is 4.14. The number of hydrogen-bond donors (Lipinski definition) is 1. The van der Waals surface area contributed by atoms with Crippen molar-refractivity contribution >= 4 is 10.9 Å². The van der Waals surface area contributed by atoms with Crippen molar-refractivity contribution in [1.82, 2.24) is 9.88 Å². The summed E-state index contributed by atoms with van der Waals surface area (Å²) in [6.07, 6.45) is 5.60. The maximum Gasteiger partial charge on any atom is 0.149 e. The van der Waals surface area contributed by atoms with E-state index in [1.54, 1.807) is 12.1 Å². The van der Waals surface area contributed by atoms with Crippen LogP contribution in [0.4, 0.5) is 4.39 Å². The molecular formula is C26H27FN2O. The van der Waals surface area contributed by atoms with Crippen molar-refractivity contribution in [2.75, 3.05) is 19.6 Å². The van der Waals surface area contributed by atoms with Gasteiger partial charge in [-0.2, -0.15) is 0 Å². The third kappa shape index (κ3) is 3.01. The molecule has 1 aliphatic heterocycles. The molecule has 3 nitrogen and oxygen atoms in total. The van der Waals surface area contributed by atoms with Gasteiger partial charge in [0.25, 0.3) is 0 Å². The highest BCUT2D eigenvalue weighted by molar-refractivity contribution is 5.80. The highest BCUT2D eigenvalue weighted by Crippen LogP contribution is 2.49. The minimum absolute atomic E-state index is 0.0439. The first kappa shape index (κ1) is 18.3. The van der Waals surface area contributed by atoms with Crippen LogP contribution in [0, 0.1) is 17.7 Å². The van der Waals surface area contributed by atoms with E-state index < -0.39 is 0 Å². The molecule has 1 aromatic heterocycles. The Morgan fingerprint density at radius 1 is 1.13 bits per heavy atom. The van der Waals surface area contributed by atoms with E-state index in [-0.39, 0.29) is 11.2 Å². The topological polar surface area (TPSA) is 36.4 Å². The number of para-hydroxylation sites is 1. The van der Waals surface area contributed by atoms with E-state index in [0.29, 0.717) is 17.2 Å². The molecule has 0 spiro atoms. The number of likely N-dealkylation sites (tertiary alicyclic amines) is 1. The number of hydrogen-bond acceptors (Lipinski definition) is 3. The molecule has 4 heteroatoms. The van der Waals surface area contributed by atoms with Gasteiger partial charge in [0.1, 0.15) is 17.1 Å². The molecule has 1 saturated heterocycles. The first-order valence-electron chi connectivity index (χ1n) is 11.2. The van der Waals surface area contributed by atoms with Crippen molar-refractivity contribution in [3.8, 4) is 5.75 Å². The number of phenols is 1. The molecule has 2 atom stereocenters. The number of phenolic OH excluding ortho intramolecular Hbond substituents is 1. The zero-order chi connectivity index (χ0) is 20.3. The number of aromatic nitrogens is 1. The van der Waals surface area contributed by atoms with Crippen LogP contribution in [0.25, 0.3) is 10.9 Å². The molecule has 0 amide bonds. The van der Waals surface area contributed by atoms with E-state index in [1.165, 1.54) is 36.6 Å². The van der Waals surface area contributed by atoms with Crippen LogP contribution in [0.5, 0.6) is 5.75 Å². The minimum Gasteiger partial charge on any atom is -0.508 e. The van der Waals surface area contributed by atoms with Gasteiger partial charge in [-0.25, -0.2) is 9.37 Å². The van der Waals surface area contributed by atoms with Crippen molar-refractivity contribution in [1.29, 1.82) is 0 Å². The van der Waals surface area contributed by atoms with Gasteiger partial charge in [0.15, 0.2) is 0 Å². The summed E-state index contributed by atoms with van der Waals surface area (Å²) in [4.78, 5) is 7.48. The van der Waals surface area contributed by atoms with Gasteiger partial charge < -0.3 is 10.0 Å². The van der Waals surface area contributed by atoms with Crippen molar-refractivity contribution in [2.45, 2.75) is 37.5 Å². The van der Waals surface area contributed by atoms with Crippen LogP contribution < -0.4 is 0 Å². The van der Waals surface area contributed by atoms with Crippen LogP contribution in [-0.4, -0.2) is 34.6 Å². The second-order valence-electron chi connectivity index (χ2n) is 9.64. The number of piperidine rings is 1. The predicted octanol–water partition coefficient (Wildman–Crippen LogP) is 4.85. The highest BCUT2D eigenvalue weighted by Gasteiger charge is 2.48. The molecule has 2 aliphatic carbocycles. The van der Waals surface area contributed by atoms with Crippen LogP contribution in [0.3, 0.4) is 0 Å². The lowest BCUT2D eigenvalue weighted by Gasteiger charge is -2.51. The predicted molar refractivity (Wildman–Crippen MR) is 116 cm³/mol. The van der Waals surface area contributed by atoms with Crippen LogP contribution in [0.1, 0.15) is 36.1 Å². The summed E-state index contributed by atoms with van der Waals surface area (Å²) >= 11 is 0. The Labute approximate surface area is 176 Å². The Morgan fingerprint density at radius 3 is 2.83 bits per heavy atom. The molecule has 2 aromatic carbocycles. The number of fused-ring (bicyclic) bond motifs is 3.